The van der Waals surface area contributed by atoms with E-state index in [1.807, 2.05) is 0 Å². The molecule has 4 unspecified atom stereocenters. The largest absolute Gasteiger partial charge is 0.469 e. The van der Waals surface area contributed by atoms with Gasteiger partial charge in [-0.05, 0) is 19.4 Å². The van der Waals surface area contributed by atoms with Gasteiger partial charge >= 0.3 is 13.8 Å². The number of nitrogens with zero attached hydrogens (tertiary/aromatic N) is 1. The molecule has 0 aliphatic carbocycles. The van der Waals surface area contributed by atoms with Crippen molar-refractivity contribution in [3.8, 4) is 0 Å². The molecule has 3 aliphatic rings. The van der Waals surface area contributed by atoms with Crippen LogP contribution in [0.15, 0.2) is 24.3 Å². The van der Waals surface area contributed by atoms with Crippen LogP contribution in [0, 0.1) is 11.8 Å². The molecule has 0 spiro atoms. The number of phosphoric acid groups is 1. The summed E-state index contributed by atoms with van der Waals surface area (Å²) in [6.45, 7) is 4.46. The molecule has 2 saturated heterocycles. The maximum absolute atomic E-state index is 12.8. The molecule has 0 saturated carbocycles. The first-order valence-corrected chi connectivity index (χ1v) is 9.84. The van der Waals surface area contributed by atoms with Gasteiger partial charge in [-0.15, -0.1) is 0 Å². The summed E-state index contributed by atoms with van der Waals surface area (Å²) in [4.78, 5) is 55.5. The molecule has 3 aliphatic heterocycles. The zero-order chi connectivity index (χ0) is 20.0. The highest BCUT2D eigenvalue weighted by molar-refractivity contribution is 7.46. The SMILES string of the molecule is C=C(C)C(=O)OCC12C=CC(O1)C1C(=O)N(CCCOP(=O)(O)O)C(=O)C12. The van der Waals surface area contributed by atoms with Crippen LogP contribution >= 0.6 is 7.82 Å². The van der Waals surface area contributed by atoms with E-state index < -0.39 is 49.1 Å². The van der Waals surface area contributed by atoms with Gasteiger partial charge in [0.15, 0.2) is 0 Å². The predicted molar refractivity (Wildman–Crippen MR) is 88.8 cm³/mol. The van der Waals surface area contributed by atoms with E-state index in [2.05, 4.69) is 11.1 Å². The van der Waals surface area contributed by atoms with E-state index in [0.29, 0.717) is 0 Å². The van der Waals surface area contributed by atoms with E-state index >= 15 is 0 Å². The van der Waals surface area contributed by atoms with Gasteiger partial charge in [0.25, 0.3) is 0 Å². The van der Waals surface area contributed by atoms with E-state index in [4.69, 9.17) is 19.3 Å². The van der Waals surface area contributed by atoms with Gasteiger partial charge in [-0.2, -0.15) is 0 Å². The average molecular weight is 401 g/mol. The third-order valence-corrected chi connectivity index (χ3v) is 5.33. The van der Waals surface area contributed by atoms with E-state index in [0.717, 1.165) is 4.90 Å². The normalized spacial score (nSPS) is 31.5. The Labute approximate surface area is 155 Å². The van der Waals surface area contributed by atoms with Crippen molar-refractivity contribution < 1.29 is 42.7 Å². The summed E-state index contributed by atoms with van der Waals surface area (Å²) in [5.41, 5.74) is -0.982. The smallest absolute Gasteiger partial charge is 0.459 e. The number of imide groups is 1. The molecule has 2 amide bonds. The summed E-state index contributed by atoms with van der Waals surface area (Å²) in [5.74, 6) is -2.99. The van der Waals surface area contributed by atoms with E-state index in [9.17, 15) is 18.9 Å². The highest BCUT2D eigenvalue weighted by Gasteiger charge is 2.67. The van der Waals surface area contributed by atoms with Crippen molar-refractivity contribution in [3.63, 3.8) is 0 Å². The van der Waals surface area contributed by atoms with Crippen LogP contribution in [-0.2, 0) is 32.9 Å². The maximum Gasteiger partial charge on any atom is 0.469 e. The molecule has 2 bridgehead atoms. The first kappa shape index (κ1) is 19.9. The molecular weight excluding hydrogens is 381 g/mol. The number of amides is 2. The Kier molecular flexibility index (Phi) is 5.13. The summed E-state index contributed by atoms with van der Waals surface area (Å²) in [6.07, 6.45) is 2.84. The first-order chi connectivity index (χ1) is 12.6. The van der Waals surface area contributed by atoms with Crippen molar-refractivity contribution in [3.05, 3.63) is 24.3 Å². The lowest BCUT2D eigenvalue weighted by Gasteiger charge is -2.28. The molecule has 0 aromatic heterocycles. The summed E-state index contributed by atoms with van der Waals surface area (Å²) in [5, 5.41) is 0. The van der Waals surface area contributed by atoms with Crippen LogP contribution in [0.4, 0.5) is 0 Å². The van der Waals surface area contributed by atoms with Crippen molar-refractivity contribution in [1.82, 2.24) is 4.90 Å². The Bertz CT molecular complexity index is 772. The van der Waals surface area contributed by atoms with Crippen LogP contribution in [0.2, 0.25) is 0 Å². The Balaban J connectivity index is 1.67. The van der Waals surface area contributed by atoms with Crippen LogP contribution < -0.4 is 0 Å². The van der Waals surface area contributed by atoms with Crippen LogP contribution in [-0.4, -0.2) is 63.9 Å². The Morgan fingerprint density at radius 3 is 2.74 bits per heavy atom. The number of likely N-dealkylation sites (tertiary alicyclic amines) is 1. The fourth-order valence-electron chi connectivity index (χ4n) is 3.66. The summed E-state index contributed by atoms with van der Waals surface area (Å²) in [7, 11) is -4.60. The molecule has 3 heterocycles. The number of carbonyl (C=O) groups excluding carboxylic acids is 3. The van der Waals surface area contributed by atoms with E-state index in [-0.39, 0.29) is 31.8 Å². The van der Waals surface area contributed by atoms with Gasteiger partial charge in [0, 0.05) is 12.1 Å². The van der Waals surface area contributed by atoms with Crippen LogP contribution in [0.5, 0.6) is 0 Å². The number of rotatable bonds is 8. The molecular formula is C16H20NO9P. The minimum atomic E-state index is -4.60. The maximum atomic E-state index is 12.8. The number of hydrogen-bond acceptors (Lipinski definition) is 7. The van der Waals surface area contributed by atoms with Crippen molar-refractivity contribution >= 4 is 25.6 Å². The van der Waals surface area contributed by atoms with Gasteiger partial charge in [0.1, 0.15) is 12.2 Å². The summed E-state index contributed by atoms with van der Waals surface area (Å²) in [6, 6.07) is 0. The second kappa shape index (κ2) is 6.96. The fourth-order valence-corrected chi connectivity index (χ4v) is 4.02. The third-order valence-electron chi connectivity index (χ3n) is 4.81. The number of fused-ring (bicyclic) bond motifs is 5. The molecule has 4 atom stereocenters. The zero-order valence-corrected chi connectivity index (χ0v) is 15.5. The molecule has 148 valence electrons. The highest BCUT2D eigenvalue weighted by Crippen LogP contribution is 2.52. The molecule has 0 radical (unpaired) electrons. The second-order valence-electron chi connectivity index (χ2n) is 6.76. The predicted octanol–water partition coefficient (Wildman–Crippen LogP) is -0.0863. The minimum Gasteiger partial charge on any atom is -0.459 e. The van der Waals surface area contributed by atoms with Gasteiger partial charge in [-0.25, -0.2) is 9.36 Å². The quantitative estimate of drug-likeness (QED) is 0.143. The monoisotopic (exact) mass is 401 g/mol. The van der Waals surface area contributed by atoms with Gasteiger partial charge in [-0.1, -0.05) is 12.7 Å². The lowest BCUT2D eigenvalue weighted by molar-refractivity contribution is -0.153. The second-order valence-corrected chi connectivity index (χ2v) is 8.00. The van der Waals surface area contributed by atoms with Crippen LogP contribution in [0.1, 0.15) is 13.3 Å². The molecule has 2 fully saturated rings. The summed E-state index contributed by atoms with van der Waals surface area (Å²) < 4.78 is 26.0. The van der Waals surface area contributed by atoms with Crippen LogP contribution in [0.25, 0.3) is 0 Å². The molecule has 27 heavy (non-hydrogen) atoms. The Morgan fingerprint density at radius 2 is 2.11 bits per heavy atom. The number of phosphoric ester groups is 1. The standard InChI is InChI=1S/C16H20NO9P/c1-9(2)15(20)24-8-16-5-4-10(26-16)11-12(16)14(19)17(13(11)18)6-3-7-25-27(21,22)23/h4-5,10-12H,1,3,6-8H2,2H3,(H2,21,22,23). The lowest BCUT2D eigenvalue weighted by Crippen LogP contribution is -2.44. The molecule has 2 N–H and O–H groups in total. The lowest BCUT2D eigenvalue weighted by atomic mass is 9.77. The highest BCUT2D eigenvalue weighted by atomic mass is 31.2. The summed E-state index contributed by atoms with van der Waals surface area (Å²) >= 11 is 0. The van der Waals surface area contributed by atoms with E-state index in [1.54, 1.807) is 12.2 Å². The fraction of sp³-hybridized carbons (Fsp3) is 0.562. The zero-order valence-electron chi connectivity index (χ0n) is 14.6. The van der Waals surface area contributed by atoms with Crippen LogP contribution in [0.3, 0.4) is 0 Å². The van der Waals surface area contributed by atoms with Gasteiger partial charge in [0.2, 0.25) is 11.8 Å². The topological polar surface area (TPSA) is 140 Å². The molecule has 11 heteroatoms. The van der Waals surface area contributed by atoms with Crippen molar-refractivity contribution in [2.24, 2.45) is 11.8 Å². The number of esters is 1. The van der Waals surface area contributed by atoms with Crippen molar-refractivity contribution in [2.75, 3.05) is 19.8 Å². The first-order valence-electron chi connectivity index (χ1n) is 8.31. The number of hydrogen-bond donors (Lipinski definition) is 2. The Morgan fingerprint density at radius 1 is 1.41 bits per heavy atom. The molecule has 0 aromatic carbocycles. The average Bonchev–Trinajstić information content (AvgIpc) is 3.20. The van der Waals surface area contributed by atoms with Crippen molar-refractivity contribution in [1.29, 1.82) is 0 Å². The molecule has 0 aromatic rings. The van der Waals surface area contributed by atoms with Crippen molar-refractivity contribution in [2.45, 2.75) is 25.0 Å². The molecule has 3 rings (SSSR count). The molecule has 10 nitrogen and oxygen atoms in total. The third kappa shape index (κ3) is 3.63. The van der Waals surface area contributed by atoms with Gasteiger partial charge in [0.05, 0.1) is 24.5 Å². The van der Waals surface area contributed by atoms with Gasteiger partial charge in [-0.3, -0.25) is 19.0 Å². The minimum absolute atomic E-state index is 0.0287. The Hall–Kier alpha value is -1.84. The number of ether oxygens (including phenoxy) is 2. The van der Waals surface area contributed by atoms with Gasteiger partial charge < -0.3 is 19.3 Å². The van der Waals surface area contributed by atoms with E-state index in [1.165, 1.54) is 6.92 Å². The number of carbonyl (C=O) groups is 3.